The first-order valence-electron chi connectivity index (χ1n) is 6.64. The van der Waals surface area contributed by atoms with Gasteiger partial charge in [0.25, 0.3) is 0 Å². The van der Waals surface area contributed by atoms with Gasteiger partial charge in [0.15, 0.2) is 11.5 Å². The number of aryl methyl sites for hydroxylation is 2. The van der Waals surface area contributed by atoms with Gasteiger partial charge < -0.3 is 14.0 Å². The maximum absolute atomic E-state index is 5.59. The monoisotopic (exact) mass is 282 g/mol. The molecule has 4 heterocycles. The Hall–Kier alpha value is -2.83. The Kier molecular flexibility index (Phi) is 2.47. The van der Waals surface area contributed by atoms with Crippen molar-refractivity contribution in [3.05, 3.63) is 42.4 Å². The quantitative estimate of drug-likeness (QED) is 0.624. The zero-order valence-electron chi connectivity index (χ0n) is 11.7. The first-order chi connectivity index (χ1) is 10.2. The summed E-state index contributed by atoms with van der Waals surface area (Å²) < 4.78 is 9.34. The van der Waals surface area contributed by atoms with Gasteiger partial charge in [-0.2, -0.15) is 5.10 Å². The Balaban J connectivity index is 1.74. The van der Waals surface area contributed by atoms with E-state index in [1.165, 1.54) is 0 Å². The second-order valence-electron chi connectivity index (χ2n) is 5.03. The van der Waals surface area contributed by atoms with E-state index in [2.05, 4.69) is 20.1 Å². The predicted octanol–water partition coefficient (Wildman–Crippen LogP) is 2.11. The van der Waals surface area contributed by atoms with Gasteiger partial charge in [-0.3, -0.25) is 0 Å². The van der Waals surface area contributed by atoms with Gasteiger partial charge in [0, 0.05) is 7.05 Å². The van der Waals surface area contributed by atoms with Crippen LogP contribution in [0.2, 0.25) is 0 Å². The van der Waals surface area contributed by atoms with Crippen molar-refractivity contribution in [1.29, 1.82) is 0 Å². The van der Waals surface area contributed by atoms with Crippen LogP contribution in [-0.2, 0) is 13.6 Å². The molecule has 0 atom stereocenters. The number of hydrogen-bond donors (Lipinski definition) is 1. The lowest BCUT2D eigenvalue weighted by Crippen LogP contribution is -2.01. The second-order valence-corrected chi connectivity index (χ2v) is 5.03. The highest BCUT2D eigenvalue weighted by molar-refractivity contribution is 5.75. The number of imidazole rings is 2. The van der Waals surface area contributed by atoms with Crippen LogP contribution in [0.3, 0.4) is 0 Å². The number of hydrogen-bond acceptors (Lipinski definition) is 4. The maximum Gasteiger partial charge on any atom is 0.177 e. The number of aromatic amines is 1. The summed E-state index contributed by atoms with van der Waals surface area (Å²) >= 11 is 0. The number of rotatable bonds is 3. The summed E-state index contributed by atoms with van der Waals surface area (Å²) in [6, 6.07) is 3.90. The first kappa shape index (κ1) is 12.0. The number of nitrogens with one attached hydrogen (secondary N) is 1. The van der Waals surface area contributed by atoms with Crippen LogP contribution in [0.15, 0.2) is 35.3 Å². The number of H-pyrrole nitrogens is 1. The average molecular weight is 282 g/mol. The highest BCUT2D eigenvalue weighted by atomic mass is 16.3. The third-order valence-electron chi connectivity index (χ3n) is 3.44. The van der Waals surface area contributed by atoms with E-state index in [9.17, 15) is 0 Å². The van der Waals surface area contributed by atoms with Crippen molar-refractivity contribution in [2.75, 3.05) is 0 Å². The third kappa shape index (κ3) is 1.94. The number of aromatic nitrogens is 6. The zero-order valence-corrected chi connectivity index (χ0v) is 11.7. The van der Waals surface area contributed by atoms with Gasteiger partial charge in [0.1, 0.15) is 29.3 Å². The highest BCUT2D eigenvalue weighted by Gasteiger charge is 2.13. The van der Waals surface area contributed by atoms with E-state index in [1.807, 2.05) is 35.4 Å². The predicted molar refractivity (Wildman–Crippen MR) is 76.6 cm³/mol. The molecule has 7 nitrogen and oxygen atoms in total. The molecule has 0 radical (unpaired) electrons. The Morgan fingerprint density at radius 2 is 2.19 bits per heavy atom. The lowest BCUT2D eigenvalue weighted by molar-refractivity contribution is 0.462. The molecule has 0 spiro atoms. The van der Waals surface area contributed by atoms with E-state index in [1.54, 1.807) is 18.7 Å². The molecule has 0 fully saturated rings. The average Bonchev–Trinajstić information content (AvgIpc) is 3.17. The van der Waals surface area contributed by atoms with Gasteiger partial charge in [-0.05, 0) is 19.1 Å². The minimum absolute atomic E-state index is 0.563. The van der Waals surface area contributed by atoms with Crippen molar-refractivity contribution < 1.29 is 4.42 Å². The molecule has 0 aliphatic heterocycles. The van der Waals surface area contributed by atoms with Crippen LogP contribution >= 0.6 is 0 Å². The molecule has 4 aromatic rings. The van der Waals surface area contributed by atoms with Crippen molar-refractivity contribution in [2.45, 2.75) is 13.5 Å². The fourth-order valence-electron chi connectivity index (χ4n) is 2.39. The van der Waals surface area contributed by atoms with Gasteiger partial charge in [-0.25, -0.2) is 14.6 Å². The first-order valence-corrected chi connectivity index (χ1v) is 6.64. The van der Waals surface area contributed by atoms with Gasteiger partial charge >= 0.3 is 0 Å². The van der Waals surface area contributed by atoms with E-state index in [0.717, 1.165) is 34.2 Å². The van der Waals surface area contributed by atoms with Gasteiger partial charge in [0.2, 0.25) is 0 Å². The lowest BCUT2D eigenvalue weighted by atomic mass is 10.4. The fourth-order valence-corrected chi connectivity index (χ4v) is 2.39. The molecular formula is C14H14N6O. The van der Waals surface area contributed by atoms with E-state index >= 15 is 0 Å². The molecule has 106 valence electrons. The van der Waals surface area contributed by atoms with Crippen LogP contribution in [0.25, 0.3) is 22.7 Å². The van der Waals surface area contributed by atoms with E-state index in [4.69, 9.17) is 4.42 Å². The largest absolute Gasteiger partial charge is 0.464 e. The Labute approximate surface area is 120 Å². The lowest BCUT2D eigenvalue weighted by Gasteiger charge is -1.99. The molecule has 0 saturated heterocycles. The fraction of sp³-hybridized carbons (Fsp3) is 0.214. The molecule has 0 bridgehead atoms. The molecule has 7 heteroatoms. The summed E-state index contributed by atoms with van der Waals surface area (Å²) in [5, 5.41) is 4.35. The molecule has 0 aromatic carbocycles. The van der Waals surface area contributed by atoms with Gasteiger partial charge in [-0.15, -0.1) is 0 Å². The van der Waals surface area contributed by atoms with Crippen molar-refractivity contribution in [3.63, 3.8) is 0 Å². The van der Waals surface area contributed by atoms with E-state index in [-0.39, 0.29) is 0 Å². The van der Waals surface area contributed by atoms with Crippen LogP contribution in [0.4, 0.5) is 0 Å². The summed E-state index contributed by atoms with van der Waals surface area (Å²) in [5.74, 6) is 2.54. The van der Waals surface area contributed by atoms with Crippen LogP contribution in [0.1, 0.15) is 11.5 Å². The molecule has 0 saturated carbocycles. The molecule has 0 aliphatic rings. The van der Waals surface area contributed by atoms with Crippen LogP contribution in [0, 0.1) is 6.92 Å². The summed E-state index contributed by atoms with van der Waals surface area (Å²) in [5.41, 5.74) is 2.64. The van der Waals surface area contributed by atoms with Crippen molar-refractivity contribution >= 4 is 11.2 Å². The minimum atomic E-state index is 0.563. The van der Waals surface area contributed by atoms with Crippen LogP contribution in [0.5, 0.6) is 0 Å². The summed E-state index contributed by atoms with van der Waals surface area (Å²) in [6.45, 7) is 2.49. The zero-order chi connectivity index (χ0) is 14.4. The smallest absolute Gasteiger partial charge is 0.177 e. The molecule has 4 rings (SSSR count). The van der Waals surface area contributed by atoms with Crippen molar-refractivity contribution in [3.8, 4) is 11.5 Å². The SMILES string of the molecule is Cc1ccc(Cn2ncc3[nH]c(-c4cncn4C)nc32)o1. The molecule has 0 amide bonds. The topological polar surface area (TPSA) is 77.5 Å². The number of nitrogens with zero attached hydrogens (tertiary/aromatic N) is 5. The molecule has 4 aromatic heterocycles. The molecule has 0 unspecified atom stereocenters. The number of furan rings is 1. The Morgan fingerprint density at radius 1 is 1.29 bits per heavy atom. The number of fused-ring (bicyclic) bond motifs is 1. The van der Waals surface area contributed by atoms with Gasteiger partial charge in [-0.1, -0.05) is 0 Å². The molecule has 1 N–H and O–H groups in total. The van der Waals surface area contributed by atoms with Gasteiger partial charge in [0.05, 0.1) is 18.7 Å². The third-order valence-corrected chi connectivity index (χ3v) is 3.44. The summed E-state index contributed by atoms with van der Waals surface area (Å²) in [7, 11) is 1.94. The molecule has 21 heavy (non-hydrogen) atoms. The van der Waals surface area contributed by atoms with Crippen molar-refractivity contribution in [1.82, 2.24) is 29.3 Å². The Morgan fingerprint density at radius 3 is 2.90 bits per heavy atom. The standard InChI is InChI=1S/C14H14N6O/c1-9-3-4-10(21-9)7-20-14-11(5-16-20)17-13(18-14)12-6-15-8-19(12)2/h3-6,8H,7H2,1-2H3,(H,17,18). The minimum Gasteiger partial charge on any atom is -0.464 e. The Bertz CT molecular complexity index is 909. The molecular weight excluding hydrogens is 268 g/mol. The van der Waals surface area contributed by atoms with E-state index < -0.39 is 0 Å². The normalized spacial score (nSPS) is 11.5. The van der Waals surface area contributed by atoms with Crippen LogP contribution < -0.4 is 0 Å². The molecule has 0 aliphatic carbocycles. The second kappa shape index (κ2) is 4.34. The summed E-state index contributed by atoms with van der Waals surface area (Å²) in [6.07, 6.45) is 5.31. The van der Waals surface area contributed by atoms with Crippen LogP contribution in [-0.4, -0.2) is 29.3 Å². The maximum atomic E-state index is 5.59. The highest BCUT2D eigenvalue weighted by Crippen LogP contribution is 2.20. The van der Waals surface area contributed by atoms with E-state index in [0.29, 0.717) is 6.54 Å². The summed E-state index contributed by atoms with van der Waals surface area (Å²) in [4.78, 5) is 12.0. The van der Waals surface area contributed by atoms with Crippen molar-refractivity contribution in [2.24, 2.45) is 7.05 Å².